The summed E-state index contributed by atoms with van der Waals surface area (Å²) < 4.78 is 57.3. The Kier molecular flexibility index (Phi) is 7.14. The van der Waals surface area contributed by atoms with Gasteiger partial charge >= 0.3 is 0 Å². The van der Waals surface area contributed by atoms with E-state index >= 15 is 8.78 Å². The van der Waals surface area contributed by atoms with E-state index in [2.05, 4.69) is 9.97 Å². The average molecular weight is 548 g/mol. The van der Waals surface area contributed by atoms with Crippen LogP contribution in [0.2, 0.25) is 0 Å². The van der Waals surface area contributed by atoms with Crippen LogP contribution in [0.3, 0.4) is 0 Å². The molecule has 7 nitrogen and oxygen atoms in total. The summed E-state index contributed by atoms with van der Waals surface area (Å²) in [6.45, 7) is 3.75. The molecule has 5 rings (SSSR count). The van der Waals surface area contributed by atoms with E-state index in [1.54, 1.807) is 37.6 Å². The van der Waals surface area contributed by atoms with Gasteiger partial charge in [-0.25, -0.2) is 32.2 Å². The van der Waals surface area contributed by atoms with Crippen LogP contribution in [0.4, 0.5) is 20.3 Å². The molecule has 3 heterocycles. The summed E-state index contributed by atoms with van der Waals surface area (Å²) in [5.41, 5.74) is 3.73. The van der Waals surface area contributed by atoms with Gasteiger partial charge in [-0.15, -0.1) is 0 Å². The highest BCUT2D eigenvalue weighted by Gasteiger charge is 2.23. The Morgan fingerprint density at radius 1 is 0.974 bits per heavy atom. The van der Waals surface area contributed by atoms with Crippen molar-refractivity contribution in [2.45, 2.75) is 26.0 Å². The summed E-state index contributed by atoms with van der Waals surface area (Å²) in [4.78, 5) is 15.0. The minimum absolute atomic E-state index is 0.0784. The van der Waals surface area contributed by atoms with E-state index in [0.29, 0.717) is 34.4 Å². The summed E-state index contributed by atoms with van der Waals surface area (Å²) in [5, 5.41) is 0. The molecule has 2 aromatic carbocycles. The molecule has 0 fully saturated rings. The van der Waals surface area contributed by atoms with E-state index in [4.69, 9.17) is 4.98 Å². The first-order valence-electron chi connectivity index (χ1n) is 12.4. The summed E-state index contributed by atoms with van der Waals surface area (Å²) in [6, 6.07) is 13.8. The third kappa shape index (κ3) is 5.24. The Bertz CT molecular complexity index is 1750. The van der Waals surface area contributed by atoms with Gasteiger partial charge in [0.05, 0.1) is 22.5 Å². The zero-order valence-electron chi connectivity index (χ0n) is 21.8. The third-order valence-corrected chi connectivity index (χ3v) is 8.33. The fraction of sp³-hybridized carbons (Fsp3) is 0.207. The number of hydrogen-bond acceptors (Lipinski definition) is 6. The van der Waals surface area contributed by atoms with Crippen LogP contribution in [-0.4, -0.2) is 40.7 Å². The Morgan fingerprint density at radius 2 is 1.69 bits per heavy atom. The second kappa shape index (κ2) is 10.5. The van der Waals surface area contributed by atoms with Gasteiger partial charge < -0.3 is 9.47 Å². The summed E-state index contributed by atoms with van der Waals surface area (Å²) in [5.74, 6) is -1.71. The monoisotopic (exact) mass is 547 g/mol. The van der Waals surface area contributed by atoms with Crippen molar-refractivity contribution < 1.29 is 17.2 Å². The van der Waals surface area contributed by atoms with Crippen LogP contribution in [0, 0.1) is 18.6 Å². The van der Waals surface area contributed by atoms with Crippen molar-refractivity contribution in [1.82, 2.24) is 19.5 Å². The maximum absolute atomic E-state index is 15.8. The molecule has 0 aliphatic carbocycles. The van der Waals surface area contributed by atoms with Crippen LogP contribution < -0.4 is 4.90 Å². The summed E-state index contributed by atoms with van der Waals surface area (Å²) >= 11 is 0. The predicted molar refractivity (Wildman–Crippen MR) is 149 cm³/mol. The molecular formula is C29H27F2N5O2S. The standard InChI is InChI=1S/C29H27F2N5O2S/c1-4-13-39(37,38)17-20-7-10-24(30)29(27(20)31)36-16-23(21-14-32-18-33-15-21)28-25(36)11-12-26(34-28)35(3)22-8-5-19(2)6-9-22/h5-12,14-16,18H,4,13,17H2,1-3H3. The largest absolute Gasteiger partial charge is 0.329 e. The topological polar surface area (TPSA) is 81.0 Å². The first-order chi connectivity index (χ1) is 18.7. The number of rotatable bonds is 8. The van der Waals surface area contributed by atoms with Gasteiger partial charge in [0.1, 0.15) is 23.6 Å². The number of hydrogen-bond donors (Lipinski definition) is 0. The number of anilines is 2. The molecule has 0 aliphatic heterocycles. The molecule has 39 heavy (non-hydrogen) atoms. The lowest BCUT2D eigenvalue weighted by molar-refractivity contribution is 0.560. The van der Waals surface area contributed by atoms with E-state index in [0.717, 1.165) is 17.3 Å². The molecule has 5 aromatic rings. The highest BCUT2D eigenvalue weighted by atomic mass is 32.2. The third-order valence-electron chi connectivity index (χ3n) is 6.55. The quantitative estimate of drug-likeness (QED) is 0.231. The molecule has 0 saturated carbocycles. The predicted octanol–water partition coefficient (Wildman–Crippen LogP) is 6.16. The van der Waals surface area contributed by atoms with Gasteiger partial charge in [0.15, 0.2) is 15.7 Å². The first kappa shape index (κ1) is 26.4. The molecule has 0 radical (unpaired) electrons. The lowest BCUT2D eigenvalue weighted by Crippen LogP contribution is -2.12. The fourth-order valence-electron chi connectivity index (χ4n) is 4.55. The SMILES string of the molecule is CCCS(=O)(=O)Cc1ccc(F)c(-n2cc(-c3cncnc3)c3nc(N(C)c4ccc(C)cc4)ccc32)c1F. The van der Waals surface area contributed by atoms with Crippen molar-refractivity contribution in [3.63, 3.8) is 0 Å². The molecule has 200 valence electrons. The molecule has 0 aliphatic rings. The molecule has 0 saturated heterocycles. The van der Waals surface area contributed by atoms with Gasteiger partial charge in [0, 0.05) is 48.0 Å². The number of sulfone groups is 1. The van der Waals surface area contributed by atoms with Crippen LogP contribution in [-0.2, 0) is 15.6 Å². The second-order valence-electron chi connectivity index (χ2n) is 9.43. The van der Waals surface area contributed by atoms with E-state index in [1.165, 1.54) is 17.0 Å². The van der Waals surface area contributed by atoms with Crippen molar-refractivity contribution in [1.29, 1.82) is 0 Å². The minimum atomic E-state index is -3.55. The molecule has 0 spiro atoms. The lowest BCUT2D eigenvalue weighted by Gasteiger charge is -2.19. The number of fused-ring (bicyclic) bond motifs is 1. The van der Waals surface area contributed by atoms with Crippen LogP contribution in [0.5, 0.6) is 0 Å². The number of nitrogens with zero attached hydrogens (tertiary/aromatic N) is 5. The van der Waals surface area contributed by atoms with Gasteiger partial charge in [0.2, 0.25) is 0 Å². The smallest absolute Gasteiger partial charge is 0.154 e. The number of aryl methyl sites for hydroxylation is 1. The van der Waals surface area contributed by atoms with Crippen molar-refractivity contribution in [2.24, 2.45) is 0 Å². The average Bonchev–Trinajstić information content (AvgIpc) is 3.29. The van der Waals surface area contributed by atoms with Gasteiger partial charge in [-0.1, -0.05) is 30.7 Å². The highest BCUT2D eigenvalue weighted by molar-refractivity contribution is 7.90. The maximum Gasteiger partial charge on any atom is 0.154 e. The first-order valence-corrected chi connectivity index (χ1v) is 14.3. The number of aromatic nitrogens is 4. The zero-order valence-corrected chi connectivity index (χ0v) is 22.6. The molecule has 0 atom stereocenters. The molecule has 0 bridgehead atoms. The van der Waals surface area contributed by atoms with E-state index < -0.39 is 27.2 Å². The van der Waals surface area contributed by atoms with Crippen molar-refractivity contribution in [3.05, 3.63) is 96.2 Å². The highest BCUT2D eigenvalue weighted by Crippen LogP contribution is 2.35. The summed E-state index contributed by atoms with van der Waals surface area (Å²) in [7, 11) is -1.66. The molecule has 0 amide bonds. The second-order valence-corrected chi connectivity index (χ2v) is 11.6. The van der Waals surface area contributed by atoms with E-state index in [9.17, 15) is 8.42 Å². The van der Waals surface area contributed by atoms with Gasteiger partial charge in [-0.3, -0.25) is 0 Å². The van der Waals surface area contributed by atoms with E-state index in [1.807, 2.05) is 43.1 Å². The Balaban J connectivity index is 1.70. The van der Waals surface area contributed by atoms with Crippen molar-refractivity contribution >= 4 is 32.4 Å². The molecule has 10 heteroatoms. The molecule has 0 N–H and O–H groups in total. The van der Waals surface area contributed by atoms with Gasteiger partial charge in [0.25, 0.3) is 0 Å². The Morgan fingerprint density at radius 3 is 2.38 bits per heavy atom. The van der Waals surface area contributed by atoms with Crippen LogP contribution >= 0.6 is 0 Å². The minimum Gasteiger partial charge on any atom is -0.329 e. The number of halogens is 2. The molecule has 3 aromatic heterocycles. The van der Waals surface area contributed by atoms with Crippen molar-refractivity contribution in [3.8, 4) is 16.8 Å². The number of pyridine rings is 1. The molecule has 0 unspecified atom stereocenters. The zero-order chi connectivity index (χ0) is 27.7. The van der Waals surface area contributed by atoms with E-state index in [-0.39, 0.29) is 17.0 Å². The van der Waals surface area contributed by atoms with Gasteiger partial charge in [-0.2, -0.15) is 0 Å². The Labute approximate surface area is 225 Å². The fourth-order valence-corrected chi connectivity index (χ4v) is 6.01. The van der Waals surface area contributed by atoms with Gasteiger partial charge in [-0.05, 0) is 43.7 Å². The van der Waals surface area contributed by atoms with Crippen LogP contribution in [0.15, 0.2) is 73.4 Å². The van der Waals surface area contributed by atoms with Crippen LogP contribution in [0.1, 0.15) is 24.5 Å². The maximum atomic E-state index is 15.8. The molecular weight excluding hydrogens is 520 g/mol. The summed E-state index contributed by atoms with van der Waals surface area (Å²) in [6.07, 6.45) is 6.59. The van der Waals surface area contributed by atoms with Crippen LogP contribution in [0.25, 0.3) is 27.8 Å². The Hall–Kier alpha value is -4.18. The lowest BCUT2D eigenvalue weighted by atomic mass is 10.1. The number of benzene rings is 2. The van der Waals surface area contributed by atoms with Crippen molar-refractivity contribution in [2.75, 3.05) is 17.7 Å². The normalized spacial score (nSPS) is 11.7.